The third-order valence-corrected chi connectivity index (χ3v) is 5.12. The summed E-state index contributed by atoms with van der Waals surface area (Å²) >= 11 is 0. The van der Waals surface area contributed by atoms with Gasteiger partial charge < -0.3 is 17.8 Å². The van der Waals surface area contributed by atoms with Crippen LogP contribution in [0.15, 0.2) is 48.5 Å². The number of halogens is 2. The van der Waals surface area contributed by atoms with E-state index in [1.165, 1.54) is 48.5 Å². The minimum atomic E-state index is -5.11. The summed E-state index contributed by atoms with van der Waals surface area (Å²) in [7, 11) is -9.23. The first kappa shape index (κ1) is 22.2. The first-order chi connectivity index (χ1) is 14.0. The first-order valence-corrected chi connectivity index (χ1v) is 11.9. The second kappa shape index (κ2) is 8.68. The maximum absolute atomic E-state index is 13.1. The lowest BCUT2D eigenvalue weighted by molar-refractivity contribution is -0.137. The molecule has 11 heteroatoms. The molecule has 1 fully saturated rings. The molecule has 1 atom stereocenters. The van der Waals surface area contributed by atoms with Gasteiger partial charge in [0.1, 0.15) is 23.0 Å². The Morgan fingerprint density at radius 2 is 1.10 bits per heavy atom. The molecule has 1 saturated carbocycles. The van der Waals surface area contributed by atoms with Crippen LogP contribution in [0.2, 0.25) is 0 Å². The molecule has 1 unspecified atom stereocenters. The van der Waals surface area contributed by atoms with Crippen molar-refractivity contribution in [2.24, 2.45) is 0 Å². The molecule has 2 aromatic carbocycles. The predicted molar refractivity (Wildman–Crippen MR) is 108 cm³/mol. The molecule has 0 bridgehead atoms. The van der Waals surface area contributed by atoms with Crippen molar-refractivity contribution in [2.75, 3.05) is 0 Å². The first-order valence-electron chi connectivity index (χ1n) is 9.01. The molecule has 30 heavy (non-hydrogen) atoms. The highest BCUT2D eigenvalue weighted by Gasteiger charge is 2.37. The van der Waals surface area contributed by atoms with Crippen molar-refractivity contribution in [2.45, 2.75) is 37.9 Å². The lowest BCUT2D eigenvalue weighted by Gasteiger charge is -2.37. The van der Waals surface area contributed by atoms with E-state index >= 15 is 0 Å². The van der Waals surface area contributed by atoms with Crippen LogP contribution in [0.5, 0.6) is 23.0 Å². The summed E-state index contributed by atoms with van der Waals surface area (Å²) in [6.07, 6.45) is 3.96. The molecule has 3 rings (SSSR count). The lowest BCUT2D eigenvalue weighted by Crippen LogP contribution is -2.44. The van der Waals surface area contributed by atoms with Crippen molar-refractivity contribution in [3.05, 3.63) is 48.5 Å². The highest BCUT2D eigenvalue weighted by atomic mass is 32.3. The molecule has 1 aliphatic carbocycles. The van der Waals surface area contributed by atoms with Gasteiger partial charge in [-0.1, -0.05) is 10.3 Å². The molecule has 164 valence electrons. The highest BCUT2D eigenvalue weighted by molar-refractivity contribution is 7.91. The Morgan fingerprint density at radius 3 is 1.50 bits per heavy atom. The van der Waals surface area contributed by atoms with Gasteiger partial charge in [0.05, 0.1) is 0 Å². The van der Waals surface area contributed by atoms with Crippen LogP contribution < -0.4 is 17.8 Å². The van der Waals surface area contributed by atoms with Gasteiger partial charge in [0.2, 0.25) is 0 Å². The molecule has 0 spiro atoms. The fourth-order valence-electron chi connectivity index (χ4n) is 3.13. The molecular formula is C19H20F2O7S2. The van der Waals surface area contributed by atoms with Crippen molar-refractivity contribution < 1.29 is 38.2 Å². The third-order valence-electron chi connectivity index (χ3n) is 4.29. The van der Waals surface area contributed by atoms with Crippen molar-refractivity contribution in [1.29, 1.82) is 0 Å². The van der Waals surface area contributed by atoms with Crippen molar-refractivity contribution in [1.82, 2.24) is 0 Å². The van der Waals surface area contributed by atoms with Crippen molar-refractivity contribution in [3.8, 4) is 23.0 Å². The second-order valence-electron chi connectivity index (χ2n) is 6.72. The van der Waals surface area contributed by atoms with E-state index < -0.39 is 26.5 Å². The molecule has 0 aliphatic heterocycles. The maximum Gasteiger partial charge on any atom is 0.488 e. The Labute approximate surface area is 174 Å². The fraction of sp³-hybridized carbons (Fsp3) is 0.316. The van der Waals surface area contributed by atoms with E-state index in [4.69, 9.17) is 9.47 Å². The molecule has 0 heterocycles. The van der Waals surface area contributed by atoms with Crippen LogP contribution in [0, 0.1) is 0 Å². The Bertz CT molecular complexity index is 979. The van der Waals surface area contributed by atoms with Gasteiger partial charge >= 0.3 is 10.5 Å². The van der Waals surface area contributed by atoms with Crippen LogP contribution in [0.25, 0.3) is 0 Å². The summed E-state index contributed by atoms with van der Waals surface area (Å²) in [4.78, 5) is 0. The van der Waals surface area contributed by atoms with E-state index in [1.54, 1.807) is 0 Å². The third kappa shape index (κ3) is 6.77. The highest BCUT2D eigenvalue weighted by Crippen LogP contribution is 2.36. The minimum Gasteiger partial charge on any atom is -0.452 e. The summed E-state index contributed by atoms with van der Waals surface area (Å²) in [6.45, 7) is 0. The van der Waals surface area contributed by atoms with E-state index in [0.29, 0.717) is 24.3 Å². The summed E-state index contributed by atoms with van der Waals surface area (Å²) < 4.78 is 78.7. The molecule has 1 aliphatic rings. The number of benzene rings is 2. The van der Waals surface area contributed by atoms with Crippen molar-refractivity contribution >= 4 is 26.6 Å². The zero-order valence-electron chi connectivity index (χ0n) is 15.8. The van der Waals surface area contributed by atoms with Gasteiger partial charge in [-0.3, -0.25) is 0 Å². The van der Waals surface area contributed by atoms with Crippen LogP contribution in [-0.2, 0) is 20.7 Å². The van der Waals surface area contributed by atoms with E-state index in [1.807, 2.05) is 0 Å². The van der Waals surface area contributed by atoms with Crippen LogP contribution in [0.1, 0.15) is 32.1 Å². The Kier molecular flexibility index (Phi) is 6.41. The van der Waals surface area contributed by atoms with E-state index in [0.717, 1.165) is 19.3 Å². The van der Waals surface area contributed by atoms with Crippen LogP contribution >= 0.6 is 0 Å². The predicted octanol–water partition coefficient (Wildman–Crippen LogP) is 4.29. The number of ether oxygens (including phenoxy) is 2. The largest absolute Gasteiger partial charge is 0.488 e. The van der Waals surface area contributed by atoms with Crippen LogP contribution in [0.3, 0.4) is 0 Å². The summed E-state index contributed by atoms with van der Waals surface area (Å²) in [6, 6.07) is 11.3. The average Bonchev–Trinajstić information content (AvgIpc) is 2.63. The van der Waals surface area contributed by atoms with Gasteiger partial charge in [-0.2, -0.15) is 12.6 Å². The Morgan fingerprint density at radius 1 is 0.700 bits per heavy atom. The van der Waals surface area contributed by atoms with Gasteiger partial charge in [-0.05, 0) is 61.4 Å². The van der Waals surface area contributed by atoms with E-state index in [-0.39, 0.29) is 11.5 Å². The molecular weight excluding hydrogens is 442 g/mol. The number of hydrogen-bond donors (Lipinski definition) is 0. The zero-order chi connectivity index (χ0) is 21.8. The van der Waals surface area contributed by atoms with Gasteiger partial charge in [0, 0.05) is 18.7 Å². The summed E-state index contributed by atoms with van der Waals surface area (Å²) in [5, 5.41) is 0. The Balaban J connectivity index is 1.74. The second-order valence-corrected chi connectivity index (χ2v) is 8.91. The lowest BCUT2D eigenvalue weighted by atomic mass is 9.94. The maximum atomic E-state index is 13.1. The molecule has 0 aromatic heterocycles. The van der Waals surface area contributed by atoms with Gasteiger partial charge in [-0.25, -0.2) is 0 Å². The Hall–Kier alpha value is -2.53. The average molecular weight is 462 g/mol. The fourth-order valence-corrected chi connectivity index (χ4v) is 3.87. The molecule has 0 radical (unpaired) electrons. The number of hydrogen-bond acceptors (Lipinski definition) is 7. The molecule has 7 nitrogen and oxygen atoms in total. The van der Waals surface area contributed by atoms with E-state index in [9.17, 15) is 20.4 Å². The monoisotopic (exact) mass is 462 g/mol. The van der Waals surface area contributed by atoms with Crippen LogP contribution in [-0.4, -0.2) is 24.3 Å². The quantitative estimate of drug-likeness (QED) is 0.328. The van der Waals surface area contributed by atoms with E-state index in [2.05, 4.69) is 14.2 Å². The van der Waals surface area contributed by atoms with Gasteiger partial charge in [0.25, 0.3) is 16.0 Å². The topological polar surface area (TPSA) is 88.1 Å². The van der Waals surface area contributed by atoms with Gasteiger partial charge in [0.15, 0.2) is 0 Å². The zero-order valence-corrected chi connectivity index (χ0v) is 17.4. The molecule has 2 aromatic rings. The SMILES string of the molecule is C=S(=O)(F)Oc1ccc(OC2(Oc3ccc(OS(=O)(=O)F)cc3)CCCCC2)cc1. The summed E-state index contributed by atoms with van der Waals surface area (Å²) in [5.41, 5.74) is 0. The smallest absolute Gasteiger partial charge is 0.452 e. The number of rotatable bonds is 8. The normalized spacial score (nSPS) is 18.1. The molecule has 0 saturated heterocycles. The van der Waals surface area contributed by atoms with Crippen molar-refractivity contribution in [3.63, 3.8) is 0 Å². The standard InChI is InChI=1S/C19H20F2O7S2/c1-29(20,22)27-17-9-5-15(6-10-17)25-19(13-3-2-4-14-19)26-16-7-11-18(12-8-16)28-30(21,23)24/h5-12H,1-4,13-14H2. The van der Waals surface area contributed by atoms with Gasteiger partial charge in [-0.15, -0.1) is 3.89 Å². The van der Waals surface area contributed by atoms with Crippen LogP contribution in [0.4, 0.5) is 7.77 Å². The molecule has 0 N–H and O–H groups in total. The molecule has 0 amide bonds. The summed E-state index contributed by atoms with van der Waals surface area (Å²) in [5.74, 6) is 2.49. The minimum absolute atomic E-state index is 0.0434.